The van der Waals surface area contributed by atoms with E-state index in [1.807, 2.05) is 6.92 Å². The van der Waals surface area contributed by atoms with E-state index in [0.29, 0.717) is 18.0 Å². The Morgan fingerprint density at radius 3 is 2.71 bits per heavy atom. The third-order valence-corrected chi connectivity index (χ3v) is 3.48. The number of nitrogen functional groups attached to an aromatic ring is 1. The summed E-state index contributed by atoms with van der Waals surface area (Å²) in [5, 5.41) is 0. The molecule has 0 aliphatic heterocycles. The molecule has 0 saturated heterocycles. The molecule has 0 bridgehead atoms. The van der Waals surface area contributed by atoms with Gasteiger partial charge in [0.1, 0.15) is 0 Å². The van der Waals surface area contributed by atoms with Crippen LogP contribution in [0.1, 0.15) is 12.5 Å². The maximum absolute atomic E-state index is 11.7. The summed E-state index contributed by atoms with van der Waals surface area (Å²) in [6.07, 6.45) is 0. The van der Waals surface area contributed by atoms with Gasteiger partial charge in [0, 0.05) is 6.61 Å². The molecule has 0 aromatic heterocycles. The molecule has 0 fully saturated rings. The number of nitrogens with one attached hydrogen (secondary N) is 1. The Morgan fingerprint density at radius 2 is 2.12 bits per heavy atom. The monoisotopic (exact) mass is 258 g/mol. The number of sulfonamides is 1. The lowest BCUT2D eigenvalue weighted by molar-refractivity contribution is 0.163. The van der Waals surface area contributed by atoms with Gasteiger partial charge in [-0.2, -0.15) is 0 Å². The second kappa shape index (κ2) is 5.88. The predicted octanol–water partition coefficient (Wildman–Crippen LogP) is 1.36. The van der Waals surface area contributed by atoms with Gasteiger partial charge >= 0.3 is 0 Å². The van der Waals surface area contributed by atoms with E-state index >= 15 is 0 Å². The molecule has 0 saturated carbocycles. The van der Waals surface area contributed by atoms with Crippen molar-refractivity contribution < 1.29 is 13.2 Å². The topological polar surface area (TPSA) is 81.4 Å². The molecular weight excluding hydrogens is 240 g/mol. The molecule has 0 amide bonds. The van der Waals surface area contributed by atoms with Crippen molar-refractivity contribution in [2.45, 2.75) is 13.8 Å². The second-order valence-corrected chi connectivity index (χ2v) is 5.50. The van der Waals surface area contributed by atoms with Crippen molar-refractivity contribution in [2.75, 3.05) is 29.4 Å². The Morgan fingerprint density at radius 1 is 1.41 bits per heavy atom. The van der Waals surface area contributed by atoms with Crippen molar-refractivity contribution in [1.29, 1.82) is 0 Å². The van der Waals surface area contributed by atoms with E-state index in [0.717, 1.165) is 5.56 Å². The average Bonchev–Trinajstić information content (AvgIpc) is 2.24. The summed E-state index contributed by atoms with van der Waals surface area (Å²) in [7, 11) is -3.41. The van der Waals surface area contributed by atoms with E-state index in [4.69, 9.17) is 10.5 Å². The lowest BCUT2D eigenvalue weighted by Crippen LogP contribution is -2.21. The second-order valence-electron chi connectivity index (χ2n) is 3.66. The van der Waals surface area contributed by atoms with Gasteiger partial charge in [-0.25, -0.2) is 8.42 Å². The molecule has 0 heterocycles. The maximum Gasteiger partial charge on any atom is 0.235 e. The molecule has 0 unspecified atom stereocenters. The zero-order chi connectivity index (χ0) is 12.9. The van der Waals surface area contributed by atoms with Crippen molar-refractivity contribution in [2.24, 2.45) is 0 Å². The highest BCUT2D eigenvalue weighted by molar-refractivity contribution is 7.92. The summed E-state index contributed by atoms with van der Waals surface area (Å²) in [4.78, 5) is 0. The van der Waals surface area contributed by atoms with Crippen molar-refractivity contribution in [1.82, 2.24) is 0 Å². The molecule has 6 heteroatoms. The number of anilines is 2. The summed E-state index contributed by atoms with van der Waals surface area (Å²) in [6.45, 7) is 4.30. The van der Waals surface area contributed by atoms with Crippen LogP contribution in [0.5, 0.6) is 0 Å². The molecular formula is C11H18N2O3S. The van der Waals surface area contributed by atoms with Crippen molar-refractivity contribution in [3.63, 3.8) is 0 Å². The Kier molecular flexibility index (Phi) is 4.77. The van der Waals surface area contributed by atoms with E-state index in [-0.39, 0.29) is 12.4 Å². The third kappa shape index (κ3) is 4.24. The number of ether oxygens (including phenoxy) is 1. The quantitative estimate of drug-likeness (QED) is 0.596. The molecule has 17 heavy (non-hydrogen) atoms. The van der Waals surface area contributed by atoms with Gasteiger partial charge in [-0.3, -0.25) is 4.72 Å². The van der Waals surface area contributed by atoms with Crippen LogP contribution >= 0.6 is 0 Å². The van der Waals surface area contributed by atoms with Crippen LogP contribution in [-0.4, -0.2) is 27.4 Å². The molecule has 0 atom stereocenters. The van der Waals surface area contributed by atoms with Crippen molar-refractivity contribution in [3.8, 4) is 0 Å². The van der Waals surface area contributed by atoms with E-state index < -0.39 is 10.0 Å². The minimum atomic E-state index is -3.41. The van der Waals surface area contributed by atoms with E-state index in [1.54, 1.807) is 25.1 Å². The van der Waals surface area contributed by atoms with Gasteiger partial charge in [0.2, 0.25) is 10.0 Å². The standard InChI is InChI=1S/C11H18N2O3S/c1-3-16-7-8-17(14,15)13-11-9(2)5-4-6-10(11)12/h4-6,13H,3,7-8,12H2,1-2H3. The normalized spacial score (nSPS) is 11.4. The number of aryl methyl sites for hydroxylation is 1. The van der Waals surface area contributed by atoms with Gasteiger partial charge < -0.3 is 10.5 Å². The van der Waals surface area contributed by atoms with E-state index in [9.17, 15) is 8.42 Å². The zero-order valence-electron chi connectivity index (χ0n) is 10.1. The number of hydrogen-bond donors (Lipinski definition) is 2. The van der Waals surface area contributed by atoms with Gasteiger partial charge in [0.05, 0.1) is 23.7 Å². The highest BCUT2D eigenvalue weighted by Crippen LogP contribution is 2.23. The Balaban J connectivity index is 2.76. The molecule has 3 N–H and O–H groups in total. The number of benzene rings is 1. The first kappa shape index (κ1) is 13.8. The molecule has 5 nitrogen and oxygen atoms in total. The Bertz CT molecular complexity index is 451. The number of rotatable bonds is 6. The summed E-state index contributed by atoms with van der Waals surface area (Å²) >= 11 is 0. The lowest BCUT2D eigenvalue weighted by atomic mass is 10.2. The number of hydrogen-bond acceptors (Lipinski definition) is 4. The lowest BCUT2D eigenvalue weighted by Gasteiger charge is -2.12. The Hall–Kier alpha value is -1.27. The molecule has 0 aliphatic rings. The fourth-order valence-electron chi connectivity index (χ4n) is 1.35. The van der Waals surface area contributed by atoms with Crippen LogP contribution in [0.2, 0.25) is 0 Å². The maximum atomic E-state index is 11.7. The summed E-state index contributed by atoms with van der Waals surface area (Å²) in [5.74, 6) is -0.0748. The van der Waals surface area contributed by atoms with Gasteiger partial charge in [-0.05, 0) is 25.5 Å². The van der Waals surface area contributed by atoms with Crippen LogP contribution < -0.4 is 10.5 Å². The highest BCUT2D eigenvalue weighted by atomic mass is 32.2. The SMILES string of the molecule is CCOCCS(=O)(=O)Nc1c(C)cccc1N. The molecule has 1 aromatic carbocycles. The fraction of sp³-hybridized carbons (Fsp3) is 0.455. The van der Waals surface area contributed by atoms with Crippen molar-refractivity contribution in [3.05, 3.63) is 23.8 Å². The Labute approximate surface area is 102 Å². The molecule has 96 valence electrons. The molecule has 0 spiro atoms. The molecule has 0 aliphatic carbocycles. The van der Waals surface area contributed by atoms with Gasteiger partial charge in [0.25, 0.3) is 0 Å². The molecule has 1 rings (SSSR count). The van der Waals surface area contributed by atoms with Gasteiger partial charge in [0.15, 0.2) is 0 Å². The molecule has 1 aromatic rings. The predicted molar refractivity (Wildman–Crippen MR) is 69.5 cm³/mol. The minimum absolute atomic E-state index is 0.0748. The first-order valence-corrected chi connectivity index (χ1v) is 7.05. The summed E-state index contributed by atoms with van der Waals surface area (Å²) < 4.78 is 31.0. The number of para-hydroxylation sites is 1. The van der Waals surface area contributed by atoms with Crippen LogP contribution in [0.3, 0.4) is 0 Å². The van der Waals surface area contributed by atoms with Crippen LogP contribution in [0.25, 0.3) is 0 Å². The average molecular weight is 258 g/mol. The minimum Gasteiger partial charge on any atom is -0.397 e. The number of nitrogens with two attached hydrogens (primary N) is 1. The van der Waals surface area contributed by atoms with Crippen molar-refractivity contribution >= 4 is 21.4 Å². The third-order valence-electron chi connectivity index (χ3n) is 2.26. The first-order chi connectivity index (χ1) is 7.96. The van der Waals surface area contributed by atoms with Gasteiger partial charge in [-0.1, -0.05) is 12.1 Å². The van der Waals surface area contributed by atoms with Gasteiger partial charge in [-0.15, -0.1) is 0 Å². The van der Waals surface area contributed by atoms with Crippen LogP contribution in [0.15, 0.2) is 18.2 Å². The van der Waals surface area contributed by atoms with Crippen LogP contribution in [-0.2, 0) is 14.8 Å². The first-order valence-electron chi connectivity index (χ1n) is 5.39. The summed E-state index contributed by atoms with van der Waals surface area (Å²) in [5.41, 5.74) is 7.39. The highest BCUT2D eigenvalue weighted by Gasteiger charge is 2.13. The molecule has 0 radical (unpaired) electrons. The van der Waals surface area contributed by atoms with Crippen LogP contribution in [0.4, 0.5) is 11.4 Å². The summed E-state index contributed by atoms with van der Waals surface area (Å²) in [6, 6.07) is 5.24. The van der Waals surface area contributed by atoms with E-state index in [2.05, 4.69) is 4.72 Å². The van der Waals surface area contributed by atoms with Crippen LogP contribution in [0, 0.1) is 6.92 Å². The smallest absolute Gasteiger partial charge is 0.235 e. The fourth-order valence-corrected chi connectivity index (χ4v) is 2.38. The zero-order valence-corrected chi connectivity index (χ0v) is 10.9. The largest absolute Gasteiger partial charge is 0.397 e. The van der Waals surface area contributed by atoms with E-state index in [1.165, 1.54) is 0 Å².